The molecule has 2 amide bonds. The van der Waals surface area contributed by atoms with Gasteiger partial charge in [-0.1, -0.05) is 42.5 Å². The van der Waals surface area contributed by atoms with Gasteiger partial charge in [0.15, 0.2) is 0 Å². The van der Waals surface area contributed by atoms with Crippen LogP contribution in [0.25, 0.3) is 0 Å². The molecule has 1 aromatic carbocycles. The number of alkyl carbamates (subject to hydrolysis) is 2. The number of methoxy groups -OCH3 is 1. The van der Waals surface area contributed by atoms with E-state index in [1.54, 1.807) is 32.9 Å². The van der Waals surface area contributed by atoms with Crippen molar-refractivity contribution in [3.8, 4) is 0 Å². The molecule has 0 radical (unpaired) electrons. The Morgan fingerprint density at radius 3 is 2.41 bits per heavy atom. The summed E-state index contributed by atoms with van der Waals surface area (Å²) < 4.78 is 15.2. The van der Waals surface area contributed by atoms with Gasteiger partial charge < -0.3 is 24.8 Å². The minimum absolute atomic E-state index is 0.0872. The summed E-state index contributed by atoms with van der Waals surface area (Å²) in [4.78, 5) is 36.3. The monoisotopic (exact) mass is 404 g/mol. The van der Waals surface area contributed by atoms with Crippen LogP contribution in [0.1, 0.15) is 32.8 Å². The first-order chi connectivity index (χ1) is 13.7. The number of carbonyl (C=O) groups excluding carboxylic acids is 3. The SMILES string of the molecule is COC(=O)[C@@H](NC(=O)OCc1ccccc1)[C@@H]1C=C[C@H](NC(=O)OC(C)(C)C)C1. The summed E-state index contributed by atoms with van der Waals surface area (Å²) >= 11 is 0. The van der Waals surface area contributed by atoms with Crippen LogP contribution in [0, 0.1) is 5.92 Å². The van der Waals surface area contributed by atoms with Crippen LogP contribution in [0.5, 0.6) is 0 Å². The van der Waals surface area contributed by atoms with Gasteiger partial charge in [-0.15, -0.1) is 0 Å². The van der Waals surface area contributed by atoms with Crippen molar-refractivity contribution in [1.82, 2.24) is 10.6 Å². The molecule has 0 saturated heterocycles. The Kier molecular flexibility index (Phi) is 7.64. The predicted octanol–water partition coefficient (Wildman–Crippen LogP) is 2.92. The molecule has 0 spiro atoms. The molecule has 1 aromatic rings. The third-order valence-corrected chi connectivity index (χ3v) is 4.19. The van der Waals surface area contributed by atoms with E-state index in [1.165, 1.54) is 7.11 Å². The minimum Gasteiger partial charge on any atom is -0.467 e. The number of nitrogens with one attached hydrogen (secondary N) is 2. The fraction of sp³-hybridized carbons (Fsp3) is 0.476. The van der Waals surface area contributed by atoms with Crippen molar-refractivity contribution in [3.05, 3.63) is 48.0 Å². The highest BCUT2D eigenvalue weighted by molar-refractivity contribution is 5.82. The Morgan fingerprint density at radius 1 is 1.10 bits per heavy atom. The first-order valence-electron chi connectivity index (χ1n) is 9.41. The Labute approximate surface area is 170 Å². The van der Waals surface area contributed by atoms with Crippen LogP contribution in [0.4, 0.5) is 9.59 Å². The number of hydrogen-bond acceptors (Lipinski definition) is 6. The fourth-order valence-corrected chi connectivity index (χ4v) is 2.90. The van der Waals surface area contributed by atoms with Crippen LogP contribution >= 0.6 is 0 Å². The standard InChI is InChI=1S/C21H28N2O6/c1-21(2,3)29-20(26)22-16-11-10-15(12-16)17(18(24)27-4)23-19(25)28-13-14-8-6-5-7-9-14/h5-11,15-17H,12-13H2,1-4H3,(H,22,26)(H,23,25)/t15-,16+,17+/m1/s1. The topological polar surface area (TPSA) is 103 Å². The summed E-state index contributed by atoms with van der Waals surface area (Å²) in [5, 5.41) is 5.29. The molecule has 1 aliphatic carbocycles. The van der Waals surface area contributed by atoms with Gasteiger partial charge >= 0.3 is 18.2 Å². The average Bonchev–Trinajstić information content (AvgIpc) is 3.11. The van der Waals surface area contributed by atoms with Crippen molar-refractivity contribution in [3.63, 3.8) is 0 Å². The lowest BCUT2D eigenvalue weighted by Crippen LogP contribution is -2.47. The number of rotatable bonds is 6. The van der Waals surface area contributed by atoms with Crippen molar-refractivity contribution < 1.29 is 28.6 Å². The lowest BCUT2D eigenvalue weighted by atomic mass is 9.98. The summed E-state index contributed by atoms with van der Waals surface area (Å²) in [7, 11) is 1.25. The second kappa shape index (κ2) is 9.95. The first-order valence-corrected chi connectivity index (χ1v) is 9.41. The van der Waals surface area contributed by atoms with E-state index in [0.29, 0.717) is 6.42 Å². The van der Waals surface area contributed by atoms with E-state index in [9.17, 15) is 14.4 Å². The molecular weight excluding hydrogens is 376 g/mol. The quantitative estimate of drug-likeness (QED) is 0.429. The molecular formula is C21H28N2O6. The van der Waals surface area contributed by atoms with E-state index in [2.05, 4.69) is 10.6 Å². The van der Waals surface area contributed by atoms with Gasteiger partial charge in [0.25, 0.3) is 0 Å². The Morgan fingerprint density at radius 2 is 1.79 bits per heavy atom. The Bertz CT molecular complexity index is 741. The zero-order chi connectivity index (χ0) is 21.4. The highest BCUT2D eigenvalue weighted by atomic mass is 16.6. The van der Waals surface area contributed by atoms with Gasteiger partial charge in [0.1, 0.15) is 18.2 Å². The molecule has 3 atom stereocenters. The van der Waals surface area contributed by atoms with Crippen molar-refractivity contribution in [2.45, 2.75) is 51.5 Å². The maximum absolute atomic E-state index is 12.2. The molecule has 8 heteroatoms. The average molecular weight is 404 g/mol. The summed E-state index contributed by atoms with van der Waals surface area (Å²) in [6, 6.07) is 7.97. The van der Waals surface area contributed by atoms with E-state index < -0.39 is 29.8 Å². The molecule has 0 aromatic heterocycles. The number of esters is 1. The van der Waals surface area contributed by atoms with Gasteiger partial charge in [0.05, 0.1) is 13.2 Å². The van der Waals surface area contributed by atoms with Gasteiger partial charge in [-0.05, 0) is 32.8 Å². The van der Waals surface area contributed by atoms with Crippen molar-refractivity contribution >= 4 is 18.2 Å². The highest BCUT2D eigenvalue weighted by Gasteiger charge is 2.34. The lowest BCUT2D eigenvalue weighted by Gasteiger charge is -2.24. The lowest BCUT2D eigenvalue weighted by molar-refractivity contribution is -0.144. The zero-order valence-corrected chi connectivity index (χ0v) is 17.1. The van der Waals surface area contributed by atoms with Crippen LogP contribution in [-0.4, -0.2) is 43.0 Å². The van der Waals surface area contributed by atoms with Crippen LogP contribution in [0.3, 0.4) is 0 Å². The molecule has 158 valence electrons. The molecule has 2 rings (SSSR count). The largest absolute Gasteiger partial charge is 0.467 e. The van der Waals surface area contributed by atoms with Crippen LogP contribution in [0.2, 0.25) is 0 Å². The molecule has 0 saturated carbocycles. The Hall–Kier alpha value is -3.03. The van der Waals surface area contributed by atoms with E-state index >= 15 is 0 Å². The number of hydrogen-bond donors (Lipinski definition) is 2. The van der Waals surface area contributed by atoms with E-state index in [4.69, 9.17) is 14.2 Å². The molecule has 0 fully saturated rings. The molecule has 2 N–H and O–H groups in total. The Balaban J connectivity index is 1.90. The van der Waals surface area contributed by atoms with Crippen LogP contribution in [-0.2, 0) is 25.6 Å². The van der Waals surface area contributed by atoms with Crippen LogP contribution < -0.4 is 10.6 Å². The van der Waals surface area contributed by atoms with E-state index in [-0.39, 0.29) is 18.6 Å². The smallest absolute Gasteiger partial charge is 0.408 e. The summed E-state index contributed by atoms with van der Waals surface area (Å²) in [6.45, 7) is 5.41. The normalized spacial score (nSPS) is 19.2. The van der Waals surface area contributed by atoms with Crippen molar-refractivity contribution in [2.24, 2.45) is 5.92 Å². The van der Waals surface area contributed by atoms with E-state index in [1.807, 2.05) is 30.3 Å². The molecule has 8 nitrogen and oxygen atoms in total. The summed E-state index contributed by atoms with van der Waals surface area (Å²) in [5.74, 6) is -0.944. The number of ether oxygens (including phenoxy) is 3. The van der Waals surface area contributed by atoms with Crippen molar-refractivity contribution in [2.75, 3.05) is 7.11 Å². The molecule has 0 aliphatic heterocycles. The molecule has 0 bridgehead atoms. The number of benzene rings is 1. The van der Waals surface area contributed by atoms with Gasteiger partial charge in [0.2, 0.25) is 0 Å². The van der Waals surface area contributed by atoms with Gasteiger partial charge in [-0.25, -0.2) is 14.4 Å². The maximum atomic E-state index is 12.2. The first kappa shape index (κ1) is 22.3. The molecule has 29 heavy (non-hydrogen) atoms. The third-order valence-electron chi connectivity index (χ3n) is 4.19. The van der Waals surface area contributed by atoms with E-state index in [0.717, 1.165) is 5.56 Å². The summed E-state index contributed by atoms with van der Waals surface area (Å²) in [5.41, 5.74) is 0.226. The maximum Gasteiger partial charge on any atom is 0.408 e. The van der Waals surface area contributed by atoms with Gasteiger partial charge in [-0.3, -0.25) is 0 Å². The predicted molar refractivity (Wildman–Crippen MR) is 106 cm³/mol. The molecule has 0 heterocycles. The second-order valence-corrected chi connectivity index (χ2v) is 7.74. The van der Waals surface area contributed by atoms with Crippen molar-refractivity contribution in [1.29, 1.82) is 0 Å². The number of carbonyl (C=O) groups is 3. The molecule has 1 aliphatic rings. The highest BCUT2D eigenvalue weighted by Crippen LogP contribution is 2.23. The van der Waals surface area contributed by atoms with Gasteiger partial charge in [0, 0.05) is 5.92 Å². The zero-order valence-electron chi connectivity index (χ0n) is 17.1. The third kappa shape index (κ3) is 7.48. The molecule has 0 unspecified atom stereocenters. The van der Waals surface area contributed by atoms with Crippen LogP contribution in [0.15, 0.2) is 42.5 Å². The number of amides is 2. The summed E-state index contributed by atoms with van der Waals surface area (Å²) in [6.07, 6.45) is 2.68. The minimum atomic E-state index is -0.926. The van der Waals surface area contributed by atoms with Gasteiger partial charge in [-0.2, -0.15) is 0 Å². The second-order valence-electron chi connectivity index (χ2n) is 7.74. The fourth-order valence-electron chi connectivity index (χ4n) is 2.90.